The van der Waals surface area contributed by atoms with E-state index in [0.717, 1.165) is 22.0 Å². The van der Waals surface area contributed by atoms with Gasteiger partial charge in [-0.2, -0.15) is 0 Å². The molecule has 0 saturated heterocycles. The molecule has 0 aromatic heterocycles. The van der Waals surface area contributed by atoms with E-state index in [4.69, 9.17) is 9.47 Å². The summed E-state index contributed by atoms with van der Waals surface area (Å²) in [6.07, 6.45) is -0.240. The molecule has 0 unspecified atom stereocenters. The van der Waals surface area contributed by atoms with Crippen molar-refractivity contribution in [3.8, 4) is 0 Å². The van der Waals surface area contributed by atoms with E-state index in [1.54, 1.807) is 0 Å². The Balaban J connectivity index is 2.02. The number of esters is 1. The molecule has 0 radical (unpaired) electrons. The second-order valence-electron chi connectivity index (χ2n) is 9.05. The van der Waals surface area contributed by atoms with Crippen LogP contribution in [0.25, 0.3) is 10.8 Å². The van der Waals surface area contributed by atoms with E-state index in [9.17, 15) is 9.59 Å². The molecular weight excluding hydrogens is 416 g/mol. The minimum Gasteiger partial charge on any atom is -0.469 e. The van der Waals surface area contributed by atoms with Gasteiger partial charge in [-0.15, -0.1) is 0 Å². The van der Waals surface area contributed by atoms with Crippen LogP contribution in [0.2, 0.25) is 0 Å². The van der Waals surface area contributed by atoms with Gasteiger partial charge in [0.05, 0.1) is 19.2 Å². The van der Waals surface area contributed by atoms with Crippen LogP contribution in [0.15, 0.2) is 66.7 Å². The topological polar surface area (TPSA) is 67.9 Å². The van der Waals surface area contributed by atoms with Gasteiger partial charge in [0.25, 0.3) is 0 Å². The Morgan fingerprint density at radius 1 is 0.939 bits per heavy atom. The average molecular weight is 449 g/mol. The normalized spacial score (nSPS) is 12.2. The Morgan fingerprint density at radius 2 is 1.58 bits per heavy atom. The van der Waals surface area contributed by atoms with Crippen molar-refractivity contribution in [1.82, 2.24) is 0 Å². The first-order chi connectivity index (χ1) is 15.7. The first-order valence-corrected chi connectivity index (χ1v) is 11.1. The fraction of sp³-hybridized carbons (Fsp3) is 0.333. The number of methoxy groups -OCH3 is 1. The summed E-state index contributed by atoms with van der Waals surface area (Å²) >= 11 is 0. The third kappa shape index (κ3) is 6.48. The Hall–Kier alpha value is -3.54. The highest BCUT2D eigenvalue weighted by Gasteiger charge is 2.22. The smallest absolute Gasteiger partial charge is 0.412 e. The molecule has 0 saturated carbocycles. The maximum absolute atomic E-state index is 12.4. The first-order valence-electron chi connectivity index (χ1n) is 11.1. The second-order valence-corrected chi connectivity index (χ2v) is 9.05. The molecule has 1 N–H and O–H groups in total. The highest BCUT2D eigenvalue weighted by atomic mass is 16.6. The van der Waals surface area contributed by atoms with Gasteiger partial charge in [0.1, 0.15) is 5.60 Å². The number of amides is 1. The van der Waals surface area contributed by atoms with E-state index < -0.39 is 11.7 Å². The largest absolute Gasteiger partial charge is 0.469 e. The summed E-state index contributed by atoms with van der Waals surface area (Å²) in [5, 5.41) is 4.74. The third-order valence-corrected chi connectivity index (χ3v) is 5.26. The molecule has 0 aliphatic carbocycles. The minimum atomic E-state index is -0.588. The van der Waals surface area contributed by atoms with E-state index in [2.05, 4.69) is 22.3 Å². The predicted molar refractivity (Wildman–Crippen MR) is 133 cm³/mol. The molecule has 1 atom stereocenters. The van der Waals surface area contributed by atoms with Gasteiger partial charge in [-0.05, 0) is 45.4 Å². The summed E-state index contributed by atoms with van der Waals surface area (Å²) < 4.78 is 10.3. The summed E-state index contributed by atoms with van der Waals surface area (Å²) in [7, 11) is 1.41. The molecule has 6 nitrogen and oxygen atoms in total. The molecule has 174 valence electrons. The number of hydrogen-bond acceptors (Lipinski definition) is 5. The second kappa shape index (κ2) is 10.4. The number of hydrogen-bond donors (Lipinski definition) is 1. The molecule has 1 amide bonds. The van der Waals surface area contributed by atoms with Crippen LogP contribution in [0.5, 0.6) is 0 Å². The van der Waals surface area contributed by atoms with Gasteiger partial charge in [0, 0.05) is 29.0 Å². The van der Waals surface area contributed by atoms with Crippen molar-refractivity contribution in [3.63, 3.8) is 0 Å². The molecule has 0 heterocycles. The molecule has 3 aromatic carbocycles. The predicted octanol–water partition coefficient (Wildman–Crippen LogP) is 6.15. The zero-order chi connectivity index (χ0) is 24.0. The lowest BCUT2D eigenvalue weighted by molar-refractivity contribution is -0.140. The van der Waals surface area contributed by atoms with E-state index in [1.165, 1.54) is 7.11 Å². The fourth-order valence-corrected chi connectivity index (χ4v) is 3.75. The van der Waals surface area contributed by atoms with Crippen LogP contribution >= 0.6 is 0 Å². The van der Waals surface area contributed by atoms with Gasteiger partial charge in [0.15, 0.2) is 0 Å². The number of anilines is 2. The molecule has 0 fully saturated rings. The lowest BCUT2D eigenvalue weighted by Crippen LogP contribution is -2.35. The number of nitrogens with one attached hydrogen (secondary N) is 1. The van der Waals surface area contributed by atoms with E-state index >= 15 is 0 Å². The molecule has 6 heteroatoms. The quantitative estimate of drug-likeness (QED) is 0.439. The maximum atomic E-state index is 12.4. The highest BCUT2D eigenvalue weighted by molar-refractivity contribution is 6.05. The fourth-order valence-electron chi connectivity index (χ4n) is 3.75. The first kappa shape index (κ1) is 24.1. The van der Waals surface area contributed by atoms with Crippen LogP contribution in [0.3, 0.4) is 0 Å². The Labute approximate surface area is 195 Å². The van der Waals surface area contributed by atoms with Crippen molar-refractivity contribution in [1.29, 1.82) is 0 Å². The lowest BCUT2D eigenvalue weighted by Gasteiger charge is -2.32. The van der Waals surface area contributed by atoms with Crippen molar-refractivity contribution in [2.75, 3.05) is 17.3 Å². The van der Waals surface area contributed by atoms with Crippen molar-refractivity contribution in [2.24, 2.45) is 0 Å². The molecule has 0 aliphatic heterocycles. The zero-order valence-electron chi connectivity index (χ0n) is 19.9. The Morgan fingerprint density at radius 3 is 2.21 bits per heavy atom. The number of ether oxygens (including phenoxy) is 2. The number of benzene rings is 3. The van der Waals surface area contributed by atoms with Crippen LogP contribution < -0.4 is 10.2 Å². The van der Waals surface area contributed by atoms with Crippen molar-refractivity contribution in [2.45, 2.75) is 52.3 Å². The van der Waals surface area contributed by atoms with Crippen LogP contribution in [-0.4, -0.2) is 30.8 Å². The van der Waals surface area contributed by atoms with Gasteiger partial charge in [-0.3, -0.25) is 10.1 Å². The lowest BCUT2D eigenvalue weighted by atomic mass is 10.0. The monoisotopic (exact) mass is 448 g/mol. The van der Waals surface area contributed by atoms with Crippen molar-refractivity contribution in [3.05, 3.63) is 72.3 Å². The van der Waals surface area contributed by atoms with Crippen molar-refractivity contribution < 1.29 is 19.1 Å². The molecule has 0 spiro atoms. The van der Waals surface area contributed by atoms with Crippen molar-refractivity contribution >= 4 is 34.2 Å². The number of carbonyl (C=O) groups excluding carboxylic acids is 2. The van der Waals surface area contributed by atoms with Crippen LogP contribution in [0.1, 0.15) is 39.7 Å². The molecule has 0 aliphatic rings. The summed E-state index contributed by atoms with van der Waals surface area (Å²) in [4.78, 5) is 26.7. The van der Waals surface area contributed by atoms with Gasteiger partial charge in [-0.25, -0.2) is 4.79 Å². The average Bonchev–Trinajstić information content (AvgIpc) is 2.77. The molecule has 3 aromatic rings. The SMILES string of the molecule is COC(=O)C[C@H](C)N(Cc1ccccc1)c1ccc(NC(=O)OC(C)(C)C)c2ccccc12. The number of nitrogens with zero attached hydrogens (tertiary/aromatic N) is 1. The van der Waals surface area contributed by atoms with Gasteiger partial charge in [-0.1, -0.05) is 54.6 Å². The van der Waals surface area contributed by atoms with Gasteiger partial charge >= 0.3 is 12.1 Å². The summed E-state index contributed by atoms with van der Waals surface area (Å²) in [6, 6.07) is 21.8. The minimum absolute atomic E-state index is 0.106. The van der Waals surface area contributed by atoms with E-state index in [-0.39, 0.29) is 18.4 Å². The molecule has 33 heavy (non-hydrogen) atoms. The Kier molecular flexibility index (Phi) is 7.59. The third-order valence-electron chi connectivity index (χ3n) is 5.26. The van der Waals surface area contributed by atoms with Crippen LogP contribution in [-0.2, 0) is 20.8 Å². The van der Waals surface area contributed by atoms with Crippen LogP contribution in [0.4, 0.5) is 16.2 Å². The maximum Gasteiger partial charge on any atom is 0.412 e. The standard InChI is InChI=1S/C27H32N2O4/c1-19(17-25(30)32-5)29(18-20-11-7-6-8-12-20)24-16-15-23(21-13-9-10-14-22(21)24)28-26(31)33-27(2,3)4/h6-16,19H,17-18H2,1-5H3,(H,28,31)/t19-/m0/s1. The highest BCUT2D eigenvalue weighted by Crippen LogP contribution is 2.35. The molecular formula is C27H32N2O4. The Bertz CT molecular complexity index is 1110. The molecule has 0 bridgehead atoms. The van der Waals surface area contributed by atoms with E-state index in [1.807, 2.05) is 82.3 Å². The summed E-state index contributed by atoms with van der Waals surface area (Å²) in [6.45, 7) is 8.14. The summed E-state index contributed by atoms with van der Waals surface area (Å²) in [5.74, 6) is -0.256. The van der Waals surface area contributed by atoms with Gasteiger partial charge < -0.3 is 14.4 Å². The number of carbonyl (C=O) groups is 2. The van der Waals surface area contributed by atoms with Gasteiger partial charge in [0.2, 0.25) is 0 Å². The zero-order valence-corrected chi connectivity index (χ0v) is 19.9. The number of rotatable bonds is 7. The van der Waals surface area contributed by atoms with Crippen LogP contribution in [0, 0.1) is 0 Å². The summed E-state index contributed by atoms with van der Waals surface area (Å²) in [5.41, 5.74) is 2.19. The molecule has 3 rings (SSSR count). The van der Waals surface area contributed by atoms with E-state index in [0.29, 0.717) is 12.2 Å². The number of fused-ring (bicyclic) bond motifs is 1.